The predicted molar refractivity (Wildman–Crippen MR) is 71.6 cm³/mol. The Bertz CT molecular complexity index is 495. The van der Waals surface area contributed by atoms with Gasteiger partial charge in [-0.1, -0.05) is 6.92 Å². The van der Waals surface area contributed by atoms with Crippen molar-refractivity contribution in [3.05, 3.63) is 24.3 Å². The number of hydrogen-bond acceptors (Lipinski definition) is 4. The van der Waals surface area contributed by atoms with Crippen LogP contribution in [0.4, 0.5) is 5.69 Å². The third-order valence-electron chi connectivity index (χ3n) is 3.34. The van der Waals surface area contributed by atoms with Gasteiger partial charge in [-0.2, -0.15) is 0 Å². The summed E-state index contributed by atoms with van der Waals surface area (Å²) < 4.78 is 23.4. The van der Waals surface area contributed by atoms with Gasteiger partial charge >= 0.3 is 0 Å². The van der Waals surface area contributed by atoms with Gasteiger partial charge in [-0.25, -0.2) is 8.42 Å². The van der Waals surface area contributed by atoms with E-state index in [2.05, 4.69) is 4.90 Å². The highest BCUT2D eigenvalue weighted by Crippen LogP contribution is 2.22. The summed E-state index contributed by atoms with van der Waals surface area (Å²) in [5.41, 5.74) is 0.976. The normalized spacial score (nSPS) is 21.0. The lowest BCUT2D eigenvalue weighted by molar-refractivity contribution is 0.154. The molecule has 1 aromatic carbocycles. The number of aliphatic hydroxyl groups excluding tert-OH is 1. The van der Waals surface area contributed by atoms with E-state index in [1.54, 1.807) is 19.1 Å². The van der Waals surface area contributed by atoms with Crippen LogP contribution in [-0.4, -0.2) is 38.5 Å². The maximum Gasteiger partial charge on any atom is 0.178 e. The van der Waals surface area contributed by atoms with Gasteiger partial charge in [0.2, 0.25) is 0 Å². The molecule has 0 radical (unpaired) electrons. The van der Waals surface area contributed by atoms with Crippen molar-refractivity contribution in [3.63, 3.8) is 0 Å². The Labute approximate surface area is 108 Å². The zero-order valence-corrected chi connectivity index (χ0v) is 11.4. The lowest BCUT2D eigenvalue weighted by Gasteiger charge is -2.32. The van der Waals surface area contributed by atoms with Gasteiger partial charge in [0.05, 0.1) is 16.8 Å². The van der Waals surface area contributed by atoms with E-state index in [0.29, 0.717) is 11.4 Å². The van der Waals surface area contributed by atoms with Crippen LogP contribution in [0.3, 0.4) is 0 Å². The number of anilines is 1. The first kappa shape index (κ1) is 13.4. The van der Waals surface area contributed by atoms with E-state index >= 15 is 0 Å². The van der Waals surface area contributed by atoms with Crippen LogP contribution >= 0.6 is 0 Å². The van der Waals surface area contributed by atoms with Gasteiger partial charge in [-0.05, 0) is 37.1 Å². The van der Waals surface area contributed by atoms with Gasteiger partial charge in [-0.15, -0.1) is 0 Å². The fraction of sp³-hybridized carbons (Fsp3) is 0.538. The van der Waals surface area contributed by atoms with Crippen molar-refractivity contribution in [2.24, 2.45) is 0 Å². The number of β-amino-alcohol motifs (C(OH)–C–C–N with tert-alkyl or cyclic N) is 1. The minimum absolute atomic E-state index is 0.120. The van der Waals surface area contributed by atoms with Gasteiger partial charge in [0.25, 0.3) is 0 Å². The summed E-state index contributed by atoms with van der Waals surface area (Å²) in [7, 11) is -3.12. The van der Waals surface area contributed by atoms with Crippen molar-refractivity contribution in [2.75, 3.05) is 23.7 Å². The molecule has 0 saturated carbocycles. The van der Waals surface area contributed by atoms with Crippen LogP contribution in [0.15, 0.2) is 29.2 Å². The summed E-state index contributed by atoms with van der Waals surface area (Å²) in [4.78, 5) is 2.46. The molecule has 4 nitrogen and oxygen atoms in total. The molecular formula is C13H19NO3S. The topological polar surface area (TPSA) is 57.6 Å². The molecule has 1 N–H and O–H groups in total. The van der Waals surface area contributed by atoms with Crippen molar-refractivity contribution in [1.29, 1.82) is 0 Å². The first-order valence-electron chi connectivity index (χ1n) is 6.29. The monoisotopic (exact) mass is 269 g/mol. The fourth-order valence-corrected chi connectivity index (χ4v) is 3.10. The molecule has 1 aliphatic heterocycles. The third kappa shape index (κ3) is 2.84. The molecule has 5 heteroatoms. The lowest BCUT2D eigenvalue weighted by atomic mass is 10.1. The smallest absolute Gasteiger partial charge is 0.178 e. The van der Waals surface area contributed by atoms with Crippen LogP contribution in [0.2, 0.25) is 0 Å². The molecule has 0 bridgehead atoms. The summed E-state index contributed by atoms with van der Waals surface area (Å²) in [6, 6.07) is 6.94. The van der Waals surface area contributed by atoms with Gasteiger partial charge in [-0.3, -0.25) is 0 Å². The number of hydrogen-bond donors (Lipinski definition) is 1. The minimum Gasteiger partial charge on any atom is -0.391 e. The van der Waals surface area contributed by atoms with Crippen molar-refractivity contribution in [2.45, 2.75) is 30.8 Å². The number of aliphatic hydroxyl groups is 1. The Balaban J connectivity index is 2.17. The second kappa shape index (κ2) is 5.28. The Morgan fingerprint density at radius 1 is 1.33 bits per heavy atom. The van der Waals surface area contributed by atoms with Crippen LogP contribution < -0.4 is 4.90 Å². The molecule has 1 saturated heterocycles. The summed E-state index contributed by atoms with van der Waals surface area (Å²) in [6.07, 6.45) is 1.53. The minimum atomic E-state index is -3.12. The third-order valence-corrected chi connectivity index (χ3v) is 5.09. The number of rotatable bonds is 3. The second-order valence-corrected chi connectivity index (χ2v) is 6.92. The van der Waals surface area contributed by atoms with Crippen LogP contribution in [0.25, 0.3) is 0 Å². The second-order valence-electron chi connectivity index (χ2n) is 4.64. The number of piperidine rings is 1. The van der Waals surface area contributed by atoms with E-state index in [0.717, 1.165) is 25.1 Å². The van der Waals surface area contributed by atoms with Crippen LogP contribution in [0, 0.1) is 0 Å². The Kier molecular flexibility index (Phi) is 3.92. The van der Waals surface area contributed by atoms with Crippen molar-refractivity contribution >= 4 is 15.5 Å². The Hall–Kier alpha value is -1.07. The van der Waals surface area contributed by atoms with Gasteiger partial charge in [0, 0.05) is 18.8 Å². The van der Waals surface area contributed by atoms with Crippen LogP contribution in [0.1, 0.15) is 19.8 Å². The molecule has 0 spiro atoms. The number of benzene rings is 1. The average Bonchev–Trinajstić information content (AvgIpc) is 2.39. The lowest BCUT2D eigenvalue weighted by Crippen LogP contribution is -2.38. The van der Waals surface area contributed by atoms with E-state index in [4.69, 9.17) is 0 Å². The molecule has 1 heterocycles. The molecule has 0 aliphatic carbocycles. The summed E-state index contributed by atoms with van der Waals surface area (Å²) >= 11 is 0. The molecule has 0 aromatic heterocycles. The highest BCUT2D eigenvalue weighted by molar-refractivity contribution is 7.91. The fourth-order valence-electron chi connectivity index (χ4n) is 2.22. The molecule has 18 heavy (non-hydrogen) atoms. The molecule has 1 aliphatic rings. The Morgan fingerprint density at radius 3 is 2.56 bits per heavy atom. The predicted octanol–water partition coefficient (Wildman–Crippen LogP) is 1.44. The molecule has 1 atom stereocenters. The standard InChI is InChI=1S/C13H19NO3S/c1-2-18(16,17)13-7-5-11(6-8-13)14-9-3-4-12(15)10-14/h5-8,12,15H,2-4,9-10H2,1H3/t12-/m0/s1. The highest BCUT2D eigenvalue weighted by atomic mass is 32.2. The van der Waals surface area contributed by atoms with E-state index in [9.17, 15) is 13.5 Å². The zero-order chi connectivity index (χ0) is 13.2. The first-order valence-corrected chi connectivity index (χ1v) is 7.94. The number of sulfone groups is 1. The van der Waals surface area contributed by atoms with Crippen molar-refractivity contribution in [1.82, 2.24) is 0 Å². The summed E-state index contributed by atoms with van der Waals surface area (Å²) in [5.74, 6) is 0.120. The molecule has 1 aromatic rings. The Morgan fingerprint density at radius 2 is 2.00 bits per heavy atom. The molecule has 0 amide bonds. The van der Waals surface area contributed by atoms with Crippen molar-refractivity contribution < 1.29 is 13.5 Å². The molecule has 2 rings (SSSR count). The average molecular weight is 269 g/mol. The molecule has 100 valence electrons. The summed E-state index contributed by atoms with van der Waals surface area (Å²) in [6.45, 7) is 3.18. The summed E-state index contributed by atoms with van der Waals surface area (Å²) in [5, 5.41) is 9.63. The number of nitrogens with zero attached hydrogens (tertiary/aromatic N) is 1. The molecular weight excluding hydrogens is 250 g/mol. The van der Waals surface area contributed by atoms with Crippen molar-refractivity contribution in [3.8, 4) is 0 Å². The maximum absolute atomic E-state index is 11.7. The van der Waals surface area contributed by atoms with E-state index in [1.165, 1.54) is 0 Å². The zero-order valence-electron chi connectivity index (χ0n) is 10.5. The molecule has 1 fully saturated rings. The van der Waals surface area contributed by atoms with Crippen LogP contribution in [0.5, 0.6) is 0 Å². The van der Waals surface area contributed by atoms with E-state index in [-0.39, 0.29) is 11.9 Å². The quantitative estimate of drug-likeness (QED) is 0.902. The van der Waals surface area contributed by atoms with E-state index in [1.807, 2.05) is 12.1 Å². The van der Waals surface area contributed by atoms with Gasteiger partial charge < -0.3 is 10.0 Å². The van der Waals surface area contributed by atoms with Gasteiger partial charge in [0.15, 0.2) is 9.84 Å². The molecule has 0 unspecified atom stereocenters. The first-order chi connectivity index (χ1) is 8.53. The van der Waals surface area contributed by atoms with E-state index < -0.39 is 9.84 Å². The SMILES string of the molecule is CCS(=O)(=O)c1ccc(N2CCC[C@H](O)C2)cc1. The highest BCUT2D eigenvalue weighted by Gasteiger charge is 2.18. The van der Waals surface area contributed by atoms with Gasteiger partial charge in [0.1, 0.15) is 0 Å². The largest absolute Gasteiger partial charge is 0.391 e. The van der Waals surface area contributed by atoms with Crippen LogP contribution in [-0.2, 0) is 9.84 Å². The maximum atomic E-state index is 11.7.